The molecule has 0 bridgehead atoms. The van der Waals surface area contributed by atoms with Gasteiger partial charge in [-0.25, -0.2) is 0 Å². The van der Waals surface area contributed by atoms with E-state index in [1.54, 1.807) is 0 Å². The molecule has 0 aromatic heterocycles. The predicted octanol–water partition coefficient (Wildman–Crippen LogP) is 2.42. The Hall–Kier alpha value is -0.0400. The first-order valence-corrected chi connectivity index (χ1v) is 5.07. The molecular formula is C10H21N. The monoisotopic (exact) mass is 155 g/mol. The van der Waals surface area contributed by atoms with Crippen molar-refractivity contribution in [3.8, 4) is 0 Å². The van der Waals surface area contributed by atoms with Gasteiger partial charge in [0, 0.05) is 0 Å². The molecule has 2 unspecified atom stereocenters. The minimum Gasteiger partial charge on any atom is -0.316 e. The van der Waals surface area contributed by atoms with Crippen molar-refractivity contribution in [3.63, 3.8) is 0 Å². The Morgan fingerprint density at radius 1 is 1.18 bits per heavy atom. The summed E-state index contributed by atoms with van der Waals surface area (Å²) in [5.74, 6) is 1.93. The lowest BCUT2D eigenvalue weighted by atomic mass is 9.86. The molecule has 11 heavy (non-hydrogen) atoms. The summed E-state index contributed by atoms with van der Waals surface area (Å²) in [6, 6.07) is 0. The standard InChI is InChI=1S/C10H21N/c1-3-5-10-6-9(4-2)7-11-8-10/h9-11H,3-8H2,1-2H3. The SMILES string of the molecule is CCCC1CNCC(CC)C1. The van der Waals surface area contributed by atoms with Crippen LogP contribution in [0.25, 0.3) is 0 Å². The van der Waals surface area contributed by atoms with Gasteiger partial charge in [0.15, 0.2) is 0 Å². The molecule has 1 aliphatic rings. The molecule has 0 radical (unpaired) electrons. The van der Waals surface area contributed by atoms with Gasteiger partial charge in [-0.3, -0.25) is 0 Å². The first-order chi connectivity index (χ1) is 5.36. The van der Waals surface area contributed by atoms with Gasteiger partial charge in [0.25, 0.3) is 0 Å². The van der Waals surface area contributed by atoms with Gasteiger partial charge in [-0.2, -0.15) is 0 Å². The van der Waals surface area contributed by atoms with Crippen LogP contribution in [-0.4, -0.2) is 13.1 Å². The molecule has 0 amide bonds. The van der Waals surface area contributed by atoms with Crippen LogP contribution in [0.15, 0.2) is 0 Å². The topological polar surface area (TPSA) is 12.0 Å². The smallest absolute Gasteiger partial charge is 0.00203 e. The number of nitrogens with one attached hydrogen (secondary N) is 1. The van der Waals surface area contributed by atoms with E-state index in [0.717, 1.165) is 11.8 Å². The second-order valence-corrected chi connectivity index (χ2v) is 3.82. The van der Waals surface area contributed by atoms with Crippen molar-refractivity contribution in [1.29, 1.82) is 0 Å². The minimum atomic E-state index is 0.959. The van der Waals surface area contributed by atoms with Crippen LogP contribution in [0.4, 0.5) is 0 Å². The lowest BCUT2D eigenvalue weighted by molar-refractivity contribution is 0.267. The number of piperidine rings is 1. The fraction of sp³-hybridized carbons (Fsp3) is 1.00. The van der Waals surface area contributed by atoms with Gasteiger partial charge in [-0.15, -0.1) is 0 Å². The Morgan fingerprint density at radius 2 is 1.91 bits per heavy atom. The molecule has 1 aliphatic heterocycles. The van der Waals surface area contributed by atoms with Crippen LogP contribution in [0.5, 0.6) is 0 Å². The highest BCUT2D eigenvalue weighted by Crippen LogP contribution is 2.22. The van der Waals surface area contributed by atoms with E-state index in [1.807, 2.05) is 0 Å². The first kappa shape index (κ1) is 9.05. The third-order valence-electron chi connectivity index (χ3n) is 2.81. The van der Waals surface area contributed by atoms with Crippen molar-refractivity contribution in [2.24, 2.45) is 11.8 Å². The molecule has 0 aliphatic carbocycles. The molecule has 1 heterocycles. The maximum absolute atomic E-state index is 3.52. The molecule has 1 nitrogen and oxygen atoms in total. The van der Waals surface area contributed by atoms with Gasteiger partial charge < -0.3 is 5.32 Å². The highest BCUT2D eigenvalue weighted by atomic mass is 14.9. The summed E-state index contributed by atoms with van der Waals surface area (Å²) in [6.45, 7) is 7.12. The molecule has 0 saturated carbocycles. The van der Waals surface area contributed by atoms with E-state index < -0.39 is 0 Å². The van der Waals surface area contributed by atoms with Crippen molar-refractivity contribution in [2.75, 3.05) is 13.1 Å². The second kappa shape index (κ2) is 4.76. The zero-order valence-electron chi connectivity index (χ0n) is 7.90. The van der Waals surface area contributed by atoms with E-state index in [9.17, 15) is 0 Å². The van der Waals surface area contributed by atoms with Crippen LogP contribution in [-0.2, 0) is 0 Å². The fourth-order valence-electron chi connectivity index (χ4n) is 2.07. The second-order valence-electron chi connectivity index (χ2n) is 3.82. The third kappa shape index (κ3) is 2.82. The molecule has 2 atom stereocenters. The van der Waals surface area contributed by atoms with Gasteiger partial charge in [0.1, 0.15) is 0 Å². The molecule has 0 spiro atoms. The Balaban J connectivity index is 2.21. The molecule has 0 aromatic carbocycles. The first-order valence-electron chi connectivity index (χ1n) is 5.07. The van der Waals surface area contributed by atoms with Gasteiger partial charge in [0.2, 0.25) is 0 Å². The van der Waals surface area contributed by atoms with Crippen molar-refractivity contribution in [3.05, 3.63) is 0 Å². The Labute approximate surface area is 70.6 Å². The van der Waals surface area contributed by atoms with Crippen LogP contribution in [0.3, 0.4) is 0 Å². The van der Waals surface area contributed by atoms with E-state index in [4.69, 9.17) is 0 Å². The maximum Gasteiger partial charge on any atom is -0.00203 e. The van der Waals surface area contributed by atoms with E-state index in [-0.39, 0.29) is 0 Å². The van der Waals surface area contributed by atoms with E-state index in [1.165, 1.54) is 38.8 Å². The summed E-state index contributed by atoms with van der Waals surface area (Å²) in [5, 5.41) is 3.52. The van der Waals surface area contributed by atoms with Crippen molar-refractivity contribution in [2.45, 2.75) is 39.5 Å². The predicted molar refractivity (Wildman–Crippen MR) is 49.7 cm³/mol. The van der Waals surface area contributed by atoms with Crippen LogP contribution < -0.4 is 5.32 Å². The fourth-order valence-corrected chi connectivity index (χ4v) is 2.07. The molecule has 1 fully saturated rings. The van der Waals surface area contributed by atoms with E-state index >= 15 is 0 Å². The zero-order valence-corrected chi connectivity index (χ0v) is 7.90. The summed E-state index contributed by atoms with van der Waals surface area (Å²) in [6.07, 6.45) is 5.59. The van der Waals surface area contributed by atoms with Crippen molar-refractivity contribution < 1.29 is 0 Å². The summed E-state index contributed by atoms with van der Waals surface area (Å²) < 4.78 is 0. The van der Waals surface area contributed by atoms with Crippen LogP contribution in [0.2, 0.25) is 0 Å². The van der Waals surface area contributed by atoms with Crippen molar-refractivity contribution in [1.82, 2.24) is 5.32 Å². The third-order valence-corrected chi connectivity index (χ3v) is 2.81. The summed E-state index contributed by atoms with van der Waals surface area (Å²) in [5.41, 5.74) is 0. The number of rotatable bonds is 3. The molecule has 1 N–H and O–H groups in total. The normalized spacial score (nSPS) is 32.2. The lowest BCUT2D eigenvalue weighted by Gasteiger charge is -2.29. The highest BCUT2D eigenvalue weighted by molar-refractivity contribution is 4.74. The maximum atomic E-state index is 3.52. The van der Waals surface area contributed by atoms with Crippen LogP contribution in [0.1, 0.15) is 39.5 Å². The molecule has 1 rings (SSSR count). The highest BCUT2D eigenvalue weighted by Gasteiger charge is 2.18. The molecule has 66 valence electrons. The molecular weight excluding hydrogens is 134 g/mol. The van der Waals surface area contributed by atoms with Gasteiger partial charge in [-0.1, -0.05) is 26.7 Å². The van der Waals surface area contributed by atoms with Crippen molar-refractivity contribution >= 4 is 0 Å². The van der Waals surface area contributed by atoms with E-state index in [0.29, 0.717) is 0 Å². The summed E-state index contributed by atoms with van der Waals surface area (Å²) in [7, 11) is 0. The lowest BCUT2D eigenvalue weighted by Crippen LogP contribution is -2.35. The molecule has 0 aromatic rings. The number of hydrogen-bond donors (Lipinski definition) is 1. The van der Waals surface area contributed by atoms with Crippen LogP contribution >= 0.6 is 0 Å². The zero-order chi connectivity index (χ0) is 8.10. The summed E-state index contributed by atoms with van der Waals surface area (Å²) in [4.78, 5) is 0. The van der Waals surface area contributed by atoms with E-state index in [2.05, 4.69) is 19.2 Å². The van der Waals surface area contributed by atoms with Gasteiger partial charge in [0.05, 0.1) is 0 Å². The van der Waals surface area contributed by atoms with Gasteiger partial charge in [-0.05, 0) is 37.8 Å². The average Bonchev–Trinajstić information content (AvgIpc) is 2.06. The minimum absolute atomic E-state index is 0.959. The molecule has 1 heteroatoms. The Morgan fingerprint density at radius 3 is 2.55 bits per heavy atom. The Bertz CT molecular complexity index is 99.0. The quantitative estimate of drug-likeness (QED) is 0.660. The summed E-state index contributed by atoms with van der Waals surface area (Å²) >= 11 is 0. The van der Waals surface area contributed by atoms with Gasteiger partial charge >= 0.3 is 0 Å². The number of hydrogen-bond acceptors (Lipinski definition) is 1. The largest absolute Gasteiger partial charge is 0.316 e. The Kier molecular flexibility index (Phi) is 3.92. The van der Waals surface area contributed by atoms with Crippen LogP contribution in [0, 0.1) is 11.8 Å². The molecule has 1 saturated heterocycles. The average molecular weight is 155 g/mol.